The largest absolute Gasteiger partial charge is 0.478 e. The van der Waals surface area contributed by atoms with E-state index in [1.54, 1.807) is 18.5 Å². The van der Waals surface area contributed by atoms with Crippen LogP contribution in [0.1, 0.15) is 17.7 Å². The molecule has 2 aromatic rings. The normalized spacial score (nSPS) is 10.3. The molecule has 0 amide bonds. The Labute approximate surface area is 106 Å². The van der Waals surface area contributed by atoms with Crippen molar-refractivity contribution in [3.05, 3.63) is 41.9 Å². The number of nitrogens with two attached hydrogens (primary N) is 1. The van der Waals surface area contributed by atoms with E-state index in [-0.39, 0.29) is 5.95 Å². The molecular formula is C13H16N4O. The average molecular weight is 244 g/mol. The van der Waals surface area contributed by atoms with Crippen molar-refractivity contribution in [3.8, 4) is 5.88 Å². The van der Waals surface area contributed by atoms with Gasteiger partial charge in [0.25, 0.3) is 0 Å². The van der Waals surface area contributed by atoms with Gasteiger partial charge in [0.2, 0.25) is 11.8 Å². The molecule has 2 rings (SSSR count). The summed E-state index contributed by atoms with van der Waals surface area (Å²) in [6.07, 6.45) is 5.48. The van der Waals surface area contributed by atoms with Crippen molar-refractivity contribution in [3.63, 3.8) is 0 Å². The molecule has 0 spiro atoms. The molecule has 0 atom stereocenters. The summed E-state index contributed by atoms with van der Waals surface area (Å²) in [6.45, 7) is 2.47. The van der Waals surface area contributed by atoms with E-state index in [2.05, 4.69) is 15.0 Å². The highest BCUT2D eigenvalue weighted by atomic mass is 16.5. The molecule has 5 heteroatoms. The van der Waals surface area contributed by atoms with Crippen LogP contribution in [0.4, 0.5) is 5.95 Å². The van der Waals surface area contributed by atoms with Crippen molar-refractivity contribution in [2.75, 3.05) is 12.3 Å². The van der Waals surface area contributed by atoms with E-state index >= 15 is 0 Å². The second kappa shape index (κ2) is 5.95. The lowest BCUT2D eigenvalue weighted by molar-refractivity contribution is 0.299. The van der Waals surface area contributed by atoms with Gasteiger partial charge in [0.1, 0.15) is 0 Å². The van der Waals surface area contributed by atoms with Crippen LogP contribution in [0.5, 0.6) is 5.88 Å². The molecule has 2 heterocycles. The smallest absolute Gasteiger partial charge is 0.223 e. The van der Waals surface area contributed by atoms with Crippen LogP contribution >= 0.6 is 0 Å². The summed E-state index contributed by atoms with van der Waals surface area (Å²) in [4.78, 5) is 12.0. The second-order valence-corrected chi connectivity index (χ2v) is 4.01. The Morgan fingerprint density at radius 3 is 2.72 bits per heavy atom. The van der Waals surface area contributed by atoms with Crippen molar-refractivity contribution in [1.82, 2.24) is 15.0 Å². The van der Waals surface area contributed by atoms with Gasteiger partial charge in [-0.2, -0.15) is 4.98 Å². The predicted octanol–water partition coefficient (Wildman–Crippen LogP) is 1.77. The predicted molar refractivity (Wildman–Crippen MR) is 69.2 cm³/mol. The van der Waals surface area contributed by atoms with Crippen LogP contribution in [0, 0.1) is 6.92 Å². The number of hydrogen-bond acceptors (Lipinski definition) is 5. The molecule has 0 aromatic carbocycles. The molecule has 0 aliphatic carbocycles. The van der Waals surface area contributed by atoms with Crippen LogP contribution in [0.15, 0.2) is 30.6 Å². The zero-order valence-corrected chi connectivity index (χ0v) is 10.3. The quantitative estimate of drug-likeness (QED) is 0.811. The van der Waals surface area contributed by atoms with Crippen LogP contribution in [-0.2, 0) is 6.42 Å². The molecule has 18 heavy (non-hydrogen) atoms. The van der Waals surface area contributed by atoms with Gasteiger partial charge in [-0.3, -0.25) is 4.98 Å². The third kappa shape index (κ3) is 3.69. The zero-order chi connectivity index (χ0) is 12.8. The van der Waals surface area contributed by atoms with Gasteiger partial charge < -0.3 is 10.5 Å². The van der Waals surface area contributed by atoms with Gasteiger partial charge in [-0.25, -0.2) is 4.98 Å². The van der Waals surface area contributed by atoms with Crippen LogP contribution < -0.4 is 10.5 Å². The molecular weight excluding hydrogens is 228 g/mol. The maximum atomic E-state index is 5.55. The van der Waals surface area contributed by atoms with Crippen molar-refractivity contribution in [2.24, 2.45) is 0 Å². The fourth-order valence-electron chi connectivity index (χ4n) is 1.64. The summed E-state index contributed by atoms with van der Waals surface area (Å²) in [5.41, 5.74) is 7.61. The molecule has 0 unspecified atom stereocenters. The standard InChI is InChI=1S/C13H16N4O/c1-10-9-12(17-13(14)16-10)18-8-2-3-11-4-6-15-7-5-11/h4-7,9H,2-3,8H2,1H3,(H2,14,16,17). The molecule has 5 nitrogen and oxygen atoms in total. The molecule has 0 fully saturated rings. The average Bonchev–Trinajstić information content (AvgIpc) is 2.35. The Kier molecular flexibility index (Phi) is 4.06. The van der Waals surface area contributed by atoms with E-state index in [0.29, 0.717) is 12.5 Å². The van der Waals surface area contributed by atoms with Crippen molar-refractivity contribution in [1.29, 1.82) is 0 Å². The lowest BCUT2D eigenvalue weighted by atomic mass is 10.1. The van der Waals surface area contributed by atoms with E-state index in [9.17, 15) is 0 Å². The van der Waals surface area contributed by atoms with Gasteiger partial charge in [-0.05, 0) is 37.5 Å². The fraction of sp³-hybridized carbons (Fsp3) is 0.308. The van der Waals surface area contributed by atoms with Gasteiger partial charge in [-0.15, -0.1) is 0 Å². The van der Waals surface area contributed by atoms with Crippen molar-refractivity contribution in [2.45, 2.75) is 19.8 Å². The number of nitrogens with zero attached hydrogens (tertiary/aromatic N) is 3. The third-order valence-electron chi connectivity index (χ3n) is 2.46. The molecule has 0 saturated carbocycles. The highest BCUT2D eigenvalue weighted by Crippen LogP contribution is 2.10. The zero-order valence-electron chi connectivity index (χ0n) is 10.3. The topological polar surface area (TPSA) is 73.9 Å². The minimum atomic E-state index is 0.249. The van der Waals surface area contributed by atoms with Gasteiger partial charge >= 0.3 is 0 Å². The summed E-state index contributed by atoms with van der Waals surface area (Å²) in [5, 5.41) is 0. The number of aromatic nitrogens is 3. The molecule has 0 aliphatic heterocycles. The minimum Gasteiger partial charge on any atom is -0.478 e. The number of rotatable bonds is 5. The fourth-order valence-corrected chi connectivity index (χ4v) is 1.64. The molecule has 94 valence electrons. The highest BCUT2D eigenvalue weighted by molar-refractivity contribution is 5.25. The Balaban J connectivity index is 1.78. The lowest BCUT2D eigenvalue weighted by Crippen LogP contribution is -2.04. The Hall–Kier alpha value is -2.17. The SMILES string of the molecule is Cc1cc(OCCCc2ccncc2)nc(N)n1. The highest BCUT2D eigenvalue weighted by Gasteiger charge is 2.00. The van der Waals surface area contributed by atoms with Crippen LogP contribution in [0.3, 0.4) is 0 Å². The van der Waals surface area contributed by atoms with Gasteiger partial charge in [0, 0.05) is 24.2 Å². The minimum absolute atomic E-state index is 0.249. The number of ether oxygens (including phenoxy) is 1. The molecule has 0 bridgehead atoms. The maximum Gasteiger partial charge on any atom is 0.223 e. The Bertz CT molecular complexity index is 481. The summed E-state index contributed by atoms with van der Waals surface area (Å²) >= 11 is 0. The summed E-state index contributed by atoms with van der Waals surface area (Å²) in [7, 11) is 0. The first-order valence-corrected chi connectivity index (χ1v) is 5.87. The molecule has 0 saturated heterocycles. The third-order valence-corrected chi connectivity index (χ3v) is 2.46. The maximum absolute atomic E-state index is 5.55. The molecule has 0 radical (unpaired) electrons. The summed E-state index contributed by atoms with van der Waals surface area (Å²) < 4.78 is 5.54. The second-order valence-electron chi connectivity index (χ2n) is 4.01. The van der Waals surface area contributed by atoms with Crippen molar-refractivity contribution < 1.29 is 4.74 Å². The van der Waals surface area contributed by atoms with E-state index in [4.69, 9.17) is 10.5 Å². The number of nitrogen functional groups attached to an aromatic ring is 1. The van der Waals surface area contributed by atoms with E-state index in [1.165, 1.54) is 5.56 Å². The first-order valence-electron chi connectivity index (χ1n) is 5.87. The van der Waals surface area contributed by atoms with Crippen molar-refractivity contribution >= 4 is 5.95 Å². The molecule has 2 aromatic heterocycles. The Morgan fingerprint density at radius 2 is 2.00 bits per heavy atom. The van der Waals surface area contributed by atoms with Crippen LogP contribution in [-0.4, -0.2) is 21.6 Å². The lowest BCUT2D eigenvalue weighted by Gasteiger charge is -2.06. The number of aryl methyl sites for hydroxylation is 2. The van der Waals surface area contributed by atoms with E-state index < -0.39 is 0 Å². The first kappa shape index (κ1) is 12.3. The number of pyridine rings is 1. The first-order chi connectivity index (χ1) is 8.74. The van der Waals surface area contributed by atoms with Gasteiger partial charge in [0.15, 0.2) is 0 Å². The van der Waals surface area contributed by atoms with Crippen LogP contribution in [0.2, 0.25) is 0 Å². The van der Waals surface area contributed by atoms with Gasteiger partial charge in [0.05, 0.1) is 6.61 Å². The number of hydrogen-bond donors (Lipinski definition) is 1. The summed E-state index contributed by atoms with van der Waals surface area (Å²) in [5.74, 6) is 0.786. The van der Waals surface area contributed by atoms with E-state index in [1.807, 2.05) is 19.1 Å². The Morgan fingerprint density at radius 1 is 1.22 bits per heavy atom. The molecule has 2 N–H and O–H groups in total. The van der Waals surface area contributed by atoms with Crippen LogP contribution in [0.25, 0.3) is 0 Å². The molecule has 0 aliphatic rings. The van der Waals surface area contributed by atoms with Gasteiger partial charge in [-0.1, -0.05) is 0 Å². The van der Waals surface area contributed by atoms with E-state index in [0.717, 1.165) is 18.5 Å². The summed E-state index contributed by atoms with van der Waals surface area (Å²) in [6, 6.07) is 5.79. The number of anilines is 1. The monoisotopic (exact) mass is 244 g/mol.